The number of carbonyl (C=O) groups excluding carboxylic acids is 1. The van der Waals surface area contributed by atoms with Crippen LogP contribution in [-0.2, 0) is 9.53 Å². The Morgan fingerprint density at radius 2 is 2.33 bits per heavy atom. The lowest BCUT2D eigenvalue weighted by atomic mass is 9.94. The predicted molar refractivity (Wildman–Crippen MR) is 118 cm³/mol. The first-order chi connectivity index (χ1) is 14.5. The number of thiazole rings is 1. The number of carbonyl (C=O) groups is 1. The van der Waals surface area contributed by atoms with Crippen molar-refractivity contribution in [2.75, 3.05) is 19.7 Å². The van der Waals surface area contributed by atoms with Crippen molar-refractivity contribution in [1.82, 2.24) is 9.88 Å². The van der Waals surface area contributed by atoms with Gasteiger partial charge in [0.1, 0.15) is 11.9 Å². The first kappa shape index (κ1) is 20.9. The summed E-state index contributed by atoms with van der Waals surface area (Å²) < 4.78 is 19.7. The van der Waals surface area contributed by atoms with Crippen molar-refractivity contribution in [3.8, 4) is 0 Å². The molecule has 6 nitrogen and oxygen atoms in total. The number of amidine groups is 1. The molecule has 1 saturated heterocycles. The Bertz CT molecular complexity index is 1040. The largest absolute Gasteiger partial charge is 0.463 e. The van der Waals surface area contributed by atoms with E-state index in [0.717, 1.165) is 10.7 Å². The molecule has 0 aliphatic carbocycles. The molecular weight excluding hydrogens is 471 g/mol. The van der Waals surface area contributed by atoms with Crippen LogP contribution in [0.3, 0.4) is 0 Å². The van der Waals surface area contributed by atoms with Gasteiger partial charge in [-0.2, -0.15) is 0 Å². The molecule has 2 aromatic rings. The van der Waals surface area contributed by atoms with Crippen LogP contribution in [0.1, 0.15) is 30.0 Å². The van der Waals surface area contributed by atoms with E-state index in [9.17, 15) is 9.18 Å². The van der Waals surface area contributed by atoms with Gasteiger partial charge < -0.3 is 14.6 Å². The molecule has 2 aliphatic heterocycles. The van der Waals surface area contributed by atoms with Crippen LogP contribution in [0, 0.1) is 11.7 Å². The van der Waals surface area contributed by atoms with E-state index in [4.69, 9.17) is 9.73 Å². The summed E-state index contributed by atoms with van der Waals surface area (Å²) in [7, 11) is 0. The van der Waals surface area contributed by atoms with Gasteiger partial charge in [-0.1, -0.05) is 22.0 Å². The van der Waals surface area contributed by atoms with Crippen molar-refractivity contribution in [1.29, 1.82) is 0 Å². The first-order valence-corrected chi connectivity index (χ1v) is 11.2. The van der Waals surface area contributed by atoms with Crippen LogP contribution in [-0.4, -0.2) is 48.1 Å². The summed E-state index contributed by atoms with van der Waals surface area (Å²) in [6, 6.07) is 3.78. The highest BCUT2D eigenvalue weighted by Crippen LogP contribution is 2.43. The Hall–Kier alpha value is -2.39. The number of ether oxygens (including phenoxy) is 1. The number of nitrogens with zero attached hydrogens (tertiary/aromatic N) is 4. The molecule has 156 valence electrons. The molecule has 0 N–H and O–H groups in total. The number of esters is 1. The van der Waals surface area contributed by atoms with Gasteiger partial charge in [-0.15, -0.1) is 11.3 Å². The number of rotatable bonds is 6. The molecule has 1 aromatic heterocycles. The van der Waals surface area contributed by atoms with Gasteiger partial charge in [-0.05, 0) is 37.8 Å². The zero-order valence-corrected chi connectivity index (χ0v) is 18.7. The van der Waals surface area contributed by atoms with Gasteiger partial charge in [0, 0.05) is 40.8 Å². The summed E-state index contributed by atoms with van der Waals surface area (Å²) in [5, 5.41) is 2.66. The molecule has 1 aromatic carbocycles. The summed E-state index contributed by atoms with van der Waals surface area (Å²) in [6.45, 7) is 6.91. The first-order valence-electron chi connectivity index (χ1n) is 9.56. The molecule has 30 heavy (non-hydrogen) atoms. The van der Waals surface area contributed by atoms with Crippen molar-refractivity contribution in [3.05, 3.63) is 61.9 Å². The summed E-state index contributed by atoms with van der Waals surface area (Å²) >= 11 is 4.93. The van der Waals surface area contributed by atoms with E-state index >= 15 is 0 Å². The van der Waals surface area contributed by atoms with E-state index in [1.165, 1.54) is 23.5 Å². The van der Waals surface area contributed by atoms with Crippen molar-refractivity contribution >= 4 is 45.8 Å². The second kappa shape index (κ2) is 8.77. The Balaban J connectivity index is 1.90. The number of aromatic nitrogens is 1. The molecule has 3 heterocycles. The minimum atomic E-state index is -0.625. The Morgan fingerprint density at radius 1 is 1.50 bits per heavy atom. The van der Waals surface area contributed by atoms with Gasteiger partial charge >= 0.3 is 5.97 Å². The van der Waals surface area contributed by atoms with Gasteiger partial charge in [0.15, 0.2) is 10.8 Å². The number of hydrogen-bond acceptors (Lipinski definition) is 7. The normalized spacial score (nSPS) is 20.8. The summed E-state index contributed by atoms with van der Waals surface area (Å²) in [4.78, 5) is 28.5. The summed E-state index contributed by atoms with van der Waals surface area (Å²) in [6.07, 6.45) is 2.39. The maximum absolute atomic E-state index is 13.7. The fourth-order valence-corrected chi connectivity index (χ4v) is 5.10. The molecule has 2 aliphatic rings. The zero-order valence-electron chi connectivity index (χ0n) is 16.3. The number of hydrogen-bond donors (Lipinski definition) is 0. The number of fused-ring (bicyclic) bond motifs is 1. The Morgan fingerprint density at radius 3 is 3.00 bits per heavy atom. The fourth-order valence-electron chi connectivity index (χ4n) is 3.90. The standard InChI is InChI=1S/C21H20BrFN4O2S/c1-3-29-21(28)17-16-8-12(10-24-2)11-27(16)19(20-25-6-7-30-20)26-18(17)14-5-4-13(23)9-15(14)22/h4-7,9,12,18H,2-3,8,10-11H2,1H3. The SMILES string of the molecule is C=NCC1CC2=C(C(=O)OCC)C(c3ccc(F)cc3Br)N=C(c3nccs3)N2C1. The fraction of sp³-hybridized carbons (Fsp3) is 0.333. The van der Waals surface area contributed by atoms with Gasteiger partial charge in [0.25, 0.3) is 0 Å². The highest BCUT2D eigenvalue weighted by Gasteiger charge is 2.42. The highest BCUT2D eigenvalue weighted by atomic mass is 79.9. The van der Waals surface area contributed by atoms with E-state index < -0.39 is 12.0 Å². The molecule has 4 rings (SSSR count). The van der Waals surface area contributed by atoms with Gasteiger partial charge in [-0.3, -0.25) is 4.99 Å². The molecule has 2 unspecified atom stereocenters. The Labute approximate surface area is 186 Å². The molecule has 2 atom stereocenters. The number of allylic oxidation sites excluding steroid dienone is 1. The van der Waals surface area contributed by atoms with E-state index in [2.05, 4.69) is 37.5 Å². The molecular formula is C21H20BrFN4O2S. The molecule has 1 fully saturated rings. The third kappa shape index (κ3) is 3.83. The van der Waals surface area contributed by atoms with Crippen molar-refractivity contribution in [3.63, 3.8) is 0 Å². The van der Waals surface area contributed by atoms with Crippen LogP contribution >= 0.6 is 27.3 Å². The highest BCUT2D eigenvalue weighted by molar-refractivity contribution is 9.10. The minimum Gasteiger partial charge on any atom is -0.463 e. The quantitative estimate of drug-likeness (QED) is 0.444. The third-order valence-corrected chi connectivity index (χ3v) is 6.56. The number of benzene rings is 1. The van der Waals surface area contributed by atoms with Gasteiger partial charge in [-0.25, -0.2) is 14.2 Å². The van der Waals surface area contributed by atoms with Crippen LogP contribution in [0.25, 0.3) is 0 Å². The second-order valence-electron chi connectivity index (χ2n) is 7.03. The monoisotopic (exact) mass is 490 g/mol. The van der Waals surface area contributed by atoms with Gasteiger partial charge in [0.05, 0.1) is 12.2 Å². The van der Waals surface area contributed by atoms with E-state index in [0.29, 0.717) is 41.0 Å². The zero-order chi connectivity index (χ0) is 21.3. The van der Waals surface area contributed by atoms with Crippen LogP contribution in [0.15, 0.2) is 55.5 Å². The average Bonchev–Trinajstić information content (AvgIpc) is 3.37. The Kier molecular flexibility index (Phi) is 6.10. The molecule has 0 bridgehead atoms. The maximum Gasteiger partial charge on any atom is 0.338 e. The van der Waals surface area contributed by atoms with E-state index in [1.54, 1.807) is 19.2 Å². The van der Waals surface area contributed by atoms with Crippen molar-refractivity contribution in [2.24, 2.45) is 15.9 Å². The second-order valence-corrected chi connectivity index (χ2v) is 8.78. The minimum absolute atomic E-state index is 0.211. The van der Waals surface area contributed by atoms with Crippen molar-refractivity contribution in [2.45, 2.75) is 19.4 Å². The smallest absolute Gasteiger partial charge is 0.338 e. The lowest BCUT2D eigenvalue weighted by Gasteiger charge is -2.32. The number of halogens is 2. The maximum atomic E-state index is 13.7. The number of aliphatic imine (C=N–C) groups is 2. The van der Waals surface area contributed by atoms with E-state index in [1.807, 2.05) is 5.38 Å². The molecule has 0 amide bonds. The van der Waals surface area contributed by atoms with Crippen LogP contribution in [0.5, 0.6) is 0 Å². The van der Waals surface area contributed by atoms with Crippen LogP contribution in [0.2, 0.25) is 0 Å². The lowest BCUT2D eigenvalue weighted by molar-refractivity contribution is -0.139. The third-order valence-electron chi connectivity index (χ3n) is 5.10. The topological polar surface area (TPSA) is 67.1 Å². The molecule has 9 heteroatoms. The molecule has 0 saturated carbocycles. The molecule has 0 spiro atoms. The molecule has 0 radical (unpaired) electrons. The van der Waals surface area contributed by atoms with Gasteiger partial charge in [0.2, 0.25) is 0 Å². The van der Waals surface area contributed by atoms with Crippen LogP contribution < -0.4 is 0 Å². The summed E-state index contributed by atoms with van der Waals surface area (Å²) in [5.74, 6) is 0.145. The average molecular weight is 491 g/mol. The van der Waals surface area contributed by atoms with Crippen molar-refractivity contribution < 1.29 is 13.9 Å². The predicted octanol–water partition coefficient (Wildman–Crippen LogP) is 4.39. The van der Waals surface area contributed by atoms with Crippen LogP contribution in [0.4, 0.5) is 4.39 Å². The van der Waals surface area contributed by atoms with E-state index in [-0.39, 0.29) is 18.3 Å². The summed E-state index contributed by atoms with van der Waals surface area (Å²) in [5.41, 5.74) is 2.05. The lowest BCUT2D eigenvalue weighted by Crippen LogP contribution is -2.35.